The highest BCUT2D eigenvalue weighted by Crippen LogP contribution is 2.28. The van der Waals surface area contributed by atoms with Crippen LogP contribution in [-0.2, 0) is 16.0 Å². The van der Waals surface area contributed by atoms with Crippen molar-refractivity contribution in [3.05, 3.63) is 41.5 Å². The number of rotatable bonds is 8. The number of aromatic nitrogens is 4. The lowest BCUT2D eigenvalue weighted by molar-refractivity contribution is -0.125. The predicted molar refractivity (Wildman–Crippen MR) is 108 cm³/mol. The van der Waals surface area contributed by atoms with Crippen LogP contribution in [0.25, 0.3) is 0 Å². The molecular formula is C19H28ClFN6O2. The molecule has 1 fully saturated rings. The minimum absolute atomic E-state index is 0. The summed E-state index contributed by atoms with van der Waals surface area (Å²) in [4.78, 5) is 13.1. The van der Waals surface area contributed by atoms with E-state index in [1.54, 1.807) is 26.2 Å². The van der Waals surface area contributed by atoms with Crippen LogP contribution in [0, 0.1) is 18.2 Å². The van der Waals surface area contributed by atoms with Crippen molar-refractivity contribution in [1.29, 1.82) is 0 Å². The molecular weight excluding hydrogens is 399 g/mol. The van der Waals surface area contributed by atoms with E-state index in [-0.39, 0.29) is 29.5 Å². The lowest BCUT2D eigenvalue weighted by Gasteiger charge is -2.37. The largest absolute Gasteiger partial charge is 0.384 e. The molecule has 1 saturated heterocycles. The van der Waals surface area contributed by atoms with Crippen molar-refractivity contribution in [3.63, 3.8) is 0 Å². The first-order valence-corrected chi connectivity index (χ1v) is 9.49. The predicted octanol–water partition coefficient (Wildman–Crippen LogP) is 1.46. The topological polar surface area (TPSA) is 94.0 Å². The monoisotopic (exact) mass is 426 g/mol. The summed E-state index contributed by atoms with van der Waals surface area (Å²) in [5, 5.41) is 18.0. The first kappa shape index (κ1) is 23.2. The summed E-state index contributed by atoms with van der Waals surface area (Å²) >= 11 is 0. The Morgan fingerprint density at radius 2 is 2.03 bits per heavy atom. The maximum absolute atomic E-state index is 13.2. The number of tetrazole rings is 1. The van der Waals surface area contributed by atoms with E-state index >= 15 is 0 Å². The number of hydrogen-bond donors (Lipinski definition) is 2. The molecule has 0 spiro atoms. The maximum Gasteiger partial charge on any atom is 0.245 e. The zero-order valence-electron chi connectivity index (χ0n) is 16.7. The van der Waals surface area contributed by atoms with Gasteiger partial charge in [-0.1, -0.05) is 12.1 Å². The van der Waals surface area contributed by atoms with Gasteiger partial charge in [0.25, 0.3) is 0 Å². The first-order valence-electron chi connectivity index (χ1n) is 9.49. The molecule has 1 aromatic carbocycles. The maximum atomic E-state index is 13.2. The van der Waals surface area contributed by atoms with Gasteiger partial charge in [0.1, 0.15) is 17.7 Å². The number of benzene rings is 1. The van der Waals surface area contributed by atoms with Gasteiger partial charge in [-0.15, -0.1) is 17.5 Å². The summed E-state index contributed by atoms with van der Waals surface area (Å²) in [6.45, 7) is 4.70. The Hall–Kier alpha value is -2.10. The second-order valence-electron chi connectivity index (χ2n) is 7.42. The molecule has 0 aliphatic carbocycles. The number of ether oxygens (including phenoxy) is 1. The molecule has 1 unspecified atom stereocenters. The number of carbonyl (C=O) groups excluding carboxylic acids is 1. The van der Waals surface area contributed by atoms with Gasteiger partial charge in [-0.25, -0.2) is 9.07 Å². The van der Waals surface area contributed by atoms with Gasteiger partial charge in [0.15, 0.2) is 0 Å². The van der Waals surface area contributed by atoms with E-state index in [1.165, 1.54) is 16.8 Å². The number of nitrogens with one attached hydrogen (secondary N) is 2. The summed E-state index contributed by atoms with van der Waals surface area (Å²) in [7, 11) is 1.69. The van der Waals surface area contributed by atoms with Crippen LogP contribution in [-0.4, -0.2) is 59.5 Å². The van der Waals surface area contributed by atoms with Gasteiger partial charge in [0.05, 0.1) is 6.61 Å². The molecule has 8 nitrogen and oxygen atoms in total. The van der Waals surface area contributed by atoms with E-state index in [9.17, 15) is 9.18 Å². The van der Waals surface area contributed by atoms with E-state index in [0.29, 0.717) is 25.4 Å². The van der Waals surface area contributed by atoms with E-state index < -0.39 is 6.04 Å². The van der Waals surface area contributed by atoms with E-state index in [4.69, 9.17) is 4.74 Å². The molecule has 1 aliphatic heterocycles. The highest BCUT2D eigenvalue weighted by Gasteiger charge is 2.34. The zero-order valence-corrected chi connectivity index (χ0v) is 17.5. The number of hydrogen-bond acceptors (Lipinski definition) is 6. The van der Waals surface area contributed by atoms with Gasteiger partial charge in [-0.05, 0) is 61.0 Å². The standard InChI is InChI=1S/C19H27FN6O2.ClH/c1-14-23-24-25-26(14)17(11-15-3-5-16(20)6-4-15)18(27)22-12-19(13-28-2)7-9-21-10-8-19;/h3-6,17,21H,7-13H2,1-2H3,(H,22,27);1H. The average molecular weight is 427 g/mol. The van der Waals surface area contributed by atoms with Gasteiger partial charge < -0.3 is 15.4 Å². The van der Waals surface area contributed by atoms with Crippen LogP contribution in [0.2, 0.25) is 0 Å². The van der Waals surface area contributed by atoms with Crippen LogP contribution in [0.1, 0.15) is 30.3 Å². The number of carbonyl (C=O) groups is 1. The Balaban J connectivity index is 0.00000300. The van der Waals surface area contributed by atoms with E-state index in [0.717, 1.165) is 31.5 Å². The molecule has 3 rings (SSSR count). The fraction of sp³-hybridized carbons (Fsp3) is 0.579. The van der Waals surface area contributed by atoms with Crippen LogP contribution in [0.3, 0.4) is 0 Å². The molecule has 2 aromatic rings. The van der Waals surface area contributed by atoms with E-state index in [2.05, 4.69) is 26.2 Å². The molecule has 0 saturated carbocycles. The summed E-state index contributed by atoms with van der Waals surface area (Å²) in [6, 6.07) is 5.52. The fourth-order valence-corrected chi connectivity index (χ4v) is 3.69. The van der Waals surface area contributed by atoms with Crippen molar-refractivity contribution in [1.82, 2.24) is 30.8 Å². The van der Waals surface area contributed by atoms with Gasteiger partial charge >= 0.3 is 0 Å². The van der Waals surface area contributed by atoms with Gasteiger partial charge in [-0.2, -0.15) is 0 Å². The molecule has 1 aromatic heterocycles. The molecule has 0 bridgehead atoms. The molecule has 1 amide bonds. The lowest BCUT2D eigenvalue weighted by atomic mass is 9.79. The van der Waals surface area contributed by atoms with Crippen LogP contribution in [0.5, 0.6) is 0 Å². The first-order chi connectivity index (χ1) is 13.5. The van der Waals surface area contributed by atoms with Crippen molar-refractivity contribution in [3.8, 4) is 0 Å². The Bertz CT molecular complexity index is 774. The fourth-order valence-electron chi connectivity index (χ4n) is 3.69. The number of halogens is 2. The Kier molecular flexibility index (Phi) is 8.48. The highest BCUT2D eigenvalue weighted by molar-refractivity contribution is 5.85. The summed E-state index contributed by atoms with van der Waals surface area (Å²) in [6.07, 6.45) is 2.25. The second-order valence-corrected chi connectivity index (χ2v) is 7.42. The van der Waals surface area contributed by atoms with Gasteiger partial charge in [0, 0.05) is 25.5 Å². The minimum Gasteiger partial charge on any atom is -0.384 e. The number of aryl methyl sites for hydroxylation is 1. The van der Waals surface area contributed by atoms with Crippen LogP contribution in [0.15, 0.2) is 24.3 Å². The third-order valence-corrected chi connectivity index (χ3v) is 5.35. The van der Waals surface area contributed by atoms with E-state index in [1.807, 2.05) is 0 Å². The number of methoxy groups -OCH3 is 1. The summed E-state index contributed by atoms with van der Waals surface area (Å²) in [5.41, 5.74) is 0.760. The third kappa shape index (κ3) is 5.94. The molecule has 0 radical (unpaired) electrons. The van der Waals surface area contributed by atoms with Crippen molar-refractivity contribution < 1.29 is 13.9 Å². The molecule has 2 heterocycles. The second kappa shape index (κ2) is 10.6. The zero-order chi connectivity index (χ0) is 20.0. The smallest absolute Gasteiger partial charge is 0.245 e. The Morgan fingerprint density at radius 1 is 1.34 bits per heavy atom. The van der Waals surface area contributed by atoms with Crippen molar-refractivity contribution in [2.24, 2.45) is 5.41 Å². The average Bonchev–Trinajstić information content (AvgIpc) is 3.12. The highest BCUT2D eigenvalue weighted by atomic mass is 35.5. The number of amides is 1. The van der Waals surface area contributed by atoms with Crippen molar-refractivity contribution in [2.75, 3.05) is 33.4 Å². The summed E-state index contributed by atoms with van der Waals surface area (Å²) < 4.78 is 20.2. The molecule has 10 heteroatoms. The van der Waals surface area contributed by atoms with Gasteiger partial charge in [-0.3, -0.25) is 4.79 Å². The summed E-state index contributed by atoms with van der Waals surface area (Å²) in [5.74, 6) is 0.0836. The lowest BCUT2D eigenvalue weighted by Crippen LogP contribution is -2.48. The van der Waals surface area contributed by atoms with Crippen LogP contribution in [0.4, 0.5) is 4.39 Å². The minimum atomic E-state index is -0.609. The number of piperidine rings is 1. The Morgan fingerprint density at radius 3 is 2.62 bits per heavy atom. The SMILES string of the molecule is COCC1(CNC(=O)C(Cc2ccc(F)cc2)n2nnnc2C)CCNCC1.Cl. The van der Waals surface area contributed by atoms with Crippen LogP contribution < -0.4 is 10.6 Å². The van der Waals surface area contributed by atoms with Crippen molar-refractivity contribution in [2.45, 2.75) is 32.2 Å². The Labute approximate surface area is 176 Å². The molecule has 1 atom stereocenters. The molecule has 2 N–H and O–H groups in total. The van der Waals surface area contributed by atoms with Gasteiger partial charge in [0.2, 0.25) is 5.91 Å². The number of nitrogens with zero attached hydrogens (tertiary/aromatic N) is 4. The molecule has 1 aliphatic rings. The third-order valence-electron chi connectivity index (χ3n) is 5.35. The molecule has 29 heavy (non-hydrogen) atoms. The normalized spacial score (nSPS) is 16.7. The van der Waals surface area contributed by atoms with Crippen molar-refractivity contribution >= 4 is 18.3 Å². The van der Waals surface area contributed by atoms with Crippen LogP contribution >= 0.6 is 12.4 Å². The quantitative estimate of drug-likeness (QED) is 0.663. The molecule has 160 valence electrons.